The Hall–Kier alpha value is -1.10. The van der Waals surface area contributed by atoms with E-state index >= 15 is 0 Å². The summed E-state index contributed by atoms with van der Waals surface area (Å²) in [5, 5.41) is 8.98. The molecule has 0 aliphatic heterocycles. The second kappa shape index (κ2) is 9.91. The van der Waals surface area contributed by atoms with Gasteiger partial charge in [0.2, 0.25) is 0 Å². The smallest absolute Gasteiger partial charge is 0.325 e. The van der Waals surface area contributed by atoms with E-state index in [2.05, 4.69) is 20.6 Å². The monoisotopic (exact) mass is 455 g/mol. The van der Waals surface area contributed by atoms with E-state index < -0.39 is 5.60 Å². The van der Waals surface area contributed by atoms with Gasteiger partial charge in [-0.15, -0.1) is 35.3 Å². The molecule has 0 unspecified atom stereocenters. The molecule has 9 heteroatoms. The van der Waals surface area contributed by atoms with Crippen molar-refractivity contribution in [3.63, 3.8) is 0 Å². The Labute approximate surface area is 158 Å². The Morgan fingerprint density at radius 1 is 1.39 bits per heavy atom. The van der Waals surface area contributed by atoms with Gasteiger partial charge in [0.25, 0.3) is 0 Å². The van der Waals surface area contributed by atoms with Crippen molar-refractivity contribution in [3.05, 3.63) is 11.1 Å². The molecule has 23 heavy (non-hydrogen) atoms. The number of aliphatic imine (C=N–C) groups is 1. The van der Waals surface area contributed by atoms with Crippen LogP contribution < -0.4 is 15.5 Å². The Morgan fingerprint density at radius 3 is 2.52 bits per heavy atom. The van der Waals surface area contributed by atoms with E-state index in [1.54, 1.807) is 18.4 Å². The van der Waals surface area contributed by atoms with Crippen LogP contribution in [0, 0.1) is 0 Å². The van der Waals surface area contributed by atoms with Crippen LogP contribution in [0.5, 0.6) is 0 Å². The van der Waals surface area contributed by atoms with Crippen molar-refractivity contribution in [2.24, 2.45) is 4.99 Å². The number of esters is 1. The van der Waals surface area contributed by atoms with Crippen LogP contribution in [0.2, 0.25) is 0 Å². The number of hydrogen-bond donors (Lipinski definition) is 2. The van der Waals surface area contributed by atoms with Crippen LogP contribution in [-0.4, -0.2) is 50.2 Å². The lowest BCUT2D eigenvalue weighted by atomic mass is 10.2. The summed E-state index contributed by atoms with van der Waals surface area (Å²) in [6.07, 6.45) is 0. The van der Waals surface area contributed by atoms with Crippen molar-refractivity contribution in [2.75, 3.05) is 32.6 Å². The van der Waals surface area contributed by atoms with Crippen molar-refractivity contribution < 1.29 is 9.53 Å². The van der Waals surface area contributed by atoms with Gasteiger partial charge in [-0.05, 0) is 20.8 Å². The molecule has 0 saturated carbocycles. The van der Waals surface area contributed by atoms with Gasteiger partial charge in [0.1, 0.15) is 12.1 Å². The van der Waals surface area contributed by atoms with Gasteiger partial charge < -0.3 is 20.3 Å². The quantitative estimate of drug-likeness (QED) is 0.305. The number of nitrogens with zero attached hydrogens (tertiary/aromatic N) is 3. The number of ether oxygens (including phenoxy) is 1. The molecular weight excluding hydrogens is 429 g/mol. The Morgan fingerprint density at radius 2 is 2.04 bits per heavy atom. The minimum Gasteiger partial charge on any atom is -0.459 e. The Bertz CT molecular complexity index is 525. The SMILES string of the molecule is CN=C(NCC(=O)OC(C)(C)C)NCc1csc(N(C)C)n1.I. The van der Waals surface area contributed by atoms with Gasteiger partial charge in [-0.2, -0.15) is 0 Å². The Kier molecular flexibility index (Phi) is 9.44. The lowest BCUT2D eigenvalue weighted by Gasteiger charge is -2.20. The van der Waals surface area contributed by atoms with Gasteiger partial charge in [-0.1, -0.05) is 0 Å². The fraction of sp³-hybridized carbons (Fsp3) is 0.643. The van der Waals surface area contributed by atoms with Crippen molar-refractivity contribution in [2.45, 2.75) is 32.9 Å². The summed E-state index contributed by atoms with van der Waals surface area (Å²) in [5.74, 6) is 0.212. The molecule has 132 valence electrons. The third kappa shape index (κ3) is 8.94. The number of carbonyl (C=O) groups excluding carboxylic acids is 1. The first kappa shape index (κ1) is 21.9. The highest BCUT2D eigenvalue weighted by molar-refractivity contribution is 14.0. The molecule has 0 atom stereocenters. The molecule has 0 saturated heterocycles. The molecule has 1 aromatic rings. The maximum absolute atomic E-state index is 11.6. The molecule has 0 spiro atoms. The van der Waals surface area contributed by atoms with Crippen molar-refractivity contribution in [1.82, 2.24) is 15.6 Å². The predicted octanol–water partition coefficient (Wildman–Crippen LogP) is 1.83. The molecule has 0 amide bonds. The lowest BCUT2D eigenvalue weighted by Crippen LogP contribution is -2.41. The molecule has 1 rings (SSSR count). The average Bonchev–Trinajstić information content (AvgIpc) is 2.86. The fourth-order valence-electron chi connectivity index (χ4n) is 1.51. The number of nitrogens with one attached hydrogen (secondary N) is 2. The highest BCUT2D eigenvalue weighted by Gasteiger charge is 2.16. The number of hydrogen-bond acceptors (Lipinski definition) is 6. The second-order valence-corrected chi connectivity index (χ2v) is 6.72. The van der Waals surface area contributed by atoms with E-state index in [4.69, 9.17) is 4.74 Å². The predicted molar refractivity (Wildman–Crippen MR) is 106 cm³/mol. The molecule has 0 fully saturated rings. The molecule has 1 aromatic heterocycles. The van der Waals surface area contributed by atoms with Crippen LogP contribution in [0.25, 0.3) is 0 Å². The van der Waals surface area contributed by atoms with Gasteiger partial charge in [-0.3, -0.25) is 9.79 Å². The van der Waals surface area contributed by atoms with Gasteiger partial charge >= 0.3 is 5.97 Å². The first-order valence-electron chi connectivity index (χ1n) is 6.99. The van der Waals surface area contributed by atoms with Crippen molar-refractivity contribution in [3.8, 4) is 0 Å². The van der Waals surface area contributed by atoms with E-state index in [-0.39, 0.29) is 36.5 Å². The molecule has 0 aliphatic carbocycles. The Balaban J connectivity index is 0.00000484. The number of aromatic nitrogens is 1. The number of thiazole rings is 1. The molecule has 7 nitrogen and oxygen atoms in total. The normalized spacial score (nSPS) is 11.5. The highest BCUT2D eigenvalue weighted by atomic mass is 127. The third-order valence-electron chi connectivity index (χ3n) is 2.40. The molecule has 0 aromatic carbocycles. The number of carbonyl (C=O) groups is 1. The zero-order valence-electron chi connectivity index (χ0n) is 14.5. The van der Waals surface area contributed by atoms with Crippen LogP contribution in [0.3, 0.4) is 0 Å². The maximum Gasteiger partial charge on any atom is 0.325 e. The molecule has 0 bridgehead atoms. The van der Waals surface area contributed by atoms with Crippen molar-refractivity contribution >= 4 is 52.4 Å². The van der Waals surface area contributed by atoms with E-state index in [0.717, 1.165) is 10.8 Å². The lowest BCUT2D eigenvalue weighted by molar-refractivity contribution is -0.153. The summed E-state index contributed by atoms with van der Waals surface area (Å²) in [7, 11) is 5.56. The maximum atomic E-state index is 11.6. The molecule has 2 N–H and O–H groups in total. The van der Waals surface area contributed by atoms with Gasteiger partial charge in [0.15, 0.2) is 11.1 Å². The van der Waals surface area contributed by atoms with E-state index in [1.165, 1.54) is 0 Å². The van der Waals surface area contributed by atoms with E-state index in [0.29, 0.717) is 12.5 Å². The summed E-state index contributed by atoms with van der Waals surface area (Å²) in [6, 6.07) is 0. The minimum absolute atomic E-state index is 0. The van der Waals surface area contributed by atoms with Crippen LogP contribution >= 0.6 is 35.3 Å². The molecule has 0 radical (unpaired) electrons. The molecular formula is C14H26IN5O2S. The largest absolute Gasteiger partial charge is 0.459 e. The second-order valence-electron chi connectivity index (χ2n) is 5.88. The first-order chi connectivity index (χ1) is 10.2. The van der Waals surface area contributed by atoms with Crippen LogP contribution in [0.1, 0.15) is 26.5 Å². The average molecular weight is 455 g/mol. The number of anilines is 1. The fourth-order valence-corrected chi connectivity index (χ4v) is 2.27. The van der Waals surface area contributed by atoms with Crippen molar-refractivity contribution in [1.29, 1.82) is 0 Å². The topological polar surface area (TPSA) is 78.8 Å². The first-order valence-corrected chi connectivity index (χ1v) is 7.87. The highest BCUT2D eigenvalue weighted by Crippen LogP contribution is 2.17. The molecule has 0 aliphatic rings. The number of guanidine groups is 1. The van der Waals surface area contributed by atoms with Crippen LogP contribution in [0.4, 0.5) is 5.13 Å². The van der Waals surface area contributed by atoms with Crippen LogP contribution in [-0.2, 0) is 16.1 Å². The number of rotatable bonds is 5. The number of halogens is 1. The van der Waals surface area contributed by atoms with E-state index in [1.807, 2.05) is 45.1 Å². The van der Waals surface area contributed by atoms with Gasteiger partial charge in [0.05, 0.1) is 12.2 Å². The summed E-state index contributed by atoms with van der Waals surface area (Å²) in [4.78, 5) is 22.1. The van der Waals surface area contributed by atoms with Gasteiger partial charge in [0, 0.05) is 26.5 Å². The summed E-state index contributed by atoms with van der Waals surface area (Å²) in [6.45, 7) is 6.11. The zero-order valence-corrected chi connectivity index (χ0v) is 17.6. The summed E-state index contributed by atoms with van der Waals surface area (Å²) in [5.41, 5.74) is 0.438. The minimum atomic E-state index is -0.487. The third-order valence-corrected chi connectivity index (χ3v) is 3.46. The zero-order chi connectivity index (χ0) is 16.8. The summed E-state index contributed by atoms with van der Waals surface area (Å²) >= 11 is 1.58. The summed E-state index contributed by atoms with van der Waals surface area (Å²) < 4.78 is 5.22. The van der Waals surface area contributed by atoms with Crippen LogP contribution in [0.15, 0.2) is 10.4 Å². The van der Waals surface area contributed by atoms with Gasteiger partial charge in [-0.25, -0.2) is 4.98 Å². The van der Waals surface area contributed by atoms with E-state index in [9.17, 15) is 4.79 Å². The molecule has 1 heterocycles. The standard InChI is InChI=1S/C14H25N5O2S.HI/c1-14(2,3)21-11(20)8-17-12(15-4)16-7-10-9-22-13(18-10)19(5)6;/h9H,7-8H2,1-6H3,(H2,15,16,17);1H.